The van der Waals surface area contributed by atoms with Crippen molar-refractivity contribution in [2.45, 2.75) is 63.9 Å². The summed E-state index contributed by atoms with van der Waals surface area (Å²) in [5.74, 6) is 1.96. The van der Waals surface area contributed by atoms with Crippen LogP contribution in [0.1, 0.15) is 57.1 Å². The lowest BCUT2D eigenvalue weighted by atomic mass is 10.0. The number of unbranched alkanes of at least 4 members (excludes halogenated alkanes) is 2. The minimum atomic E-state index is 0.854. The molecule has 0 atom stereocenters. The molecule has 0 saturated heterocycles. The van der Waals surface area contributed by atoms with Crippen LogP contribution in [0.2, 0.25) is 0 Å². The summed E-state index contributed by atoms with van der Waals surface area (Å²) in [5.41, 5.74) is 4.86. The zero-order chi connectivity index (χ0) is 22.1. The molecule has 32 heavy (non-hydrogen) atoms. The van der Waals surface area contributed by atoms with Crippen LogP contribution in [-0.2, 0) is 12.8 Å². The lowest BCUT2D eigenvalue weighted by Gasteiger charge is -2.24. The van der Waals surface area contributed by atoms with Gasteiger partial charge in [0.2, 0.25) is 0 Å². The maximum absolute atomic E-state index is 5.76. The number of hydrogen-bond donors (Lipinski definition) is 0. The van der Waals surface area contributed by atoms with Crippen LogP contribution in [0.3, 0.4) is 0 Å². The minimum absolute atomic E-state index is 0.854. The predicted octanol–water partition coefficient (Wildman–Crippen LogP) is 7.12. The average Bonchev–Trinajstić information content (AvgIpc) is 3.57. The largest absolute Gasteiger partial charge is 0.463 e. The molecule has 0 unspecified atom stereocenters. The van der Waals surface area contributed by atoms with Gasteiger partial charge in [-0.3, -0.25) is 0 Å². The first kappa shape index (κ1) is 21.7. The smallest absolute Gasteiger partial charge is 0.189 e. The molecular weight excluding hydrogens is 436 g/mol. The van der Waals surface area contributed by atoms with E-state index in [9.17, 15) is 0 Å². The Kier molecular flexibility index (Phi) is 6.37. The van der Waals surface area contributed by atoms with Gasteiger partial charge in [-0.15, -0.1) is 11.3 Å². The summed E-state index contributed by atoms with van der Waals surface area (Å²) in [6.07, 6.45) is 11.8. The number of pyridine rings is 1. The highest BCUT2D eigenvalue weighted by atomic mass is 32.2. The van der Waals surface area contributed by atoms with E-state index in [2.05, 4.69) is 25.0 Å². The van der Waals surface area contributed by atoms with Crippen LogP contribution in [0.15, 0.2) is 28.0 Å². The Balaban J connectivity index is 1.76. The molecule has 4 aromatic heterocycles. The van der Waals surface area contributed by atoms with Gasteiger partial charge in [0.15, 0.2) is 16.7 Å². The molecule has 4 aromatic rings. The van der Waals surface area contributed by atoms with E-state index in [-0.39, 0.29) is 0 Å². The highest BCUT2D eigenvalue weighted by Crippen LogP contribution is 2.44. The van der Waals surface area contributed by atoms with Crippen molar-refractivity contribution in [3.05, 3.63) is 29.5 Å². The van der Waals surface area contributed by atoms with Gasteiger partial charge in [-0.1, -0.05) is 38.5 Å². The van der Waals surface area contributed by atoms with Crippen molar-refractivity contribution >= 4 is 49.3 Å². The first-order valence-corrected chi connectivity index (χ1v) is 13.8. The third-order valence-electron chi connectivity index (χ3n) is 6.30. The number of fused-ring (bicyclic) bond motifs is 5. The van der Waals surface area contributed by atoms with Crippen LogP contribution in [0.5, 0.6) is 0 Å². The number of hydrogen-bond acceptors (Lipinski definition) is 7. The topological polar surface area (TPSA) is 55.1 Å². The van der Waals surface area contributed by atoms with E-state index in [4.69, 9.17) is 19.4 Å². The summed E-state index contributed by atoms with van der Waals surface area (Å²) in [6.45, 7) is 6.58. The molecule has 168 valence electrons. The van der Waals surface area contributed by atoms with Crippen molar-refractivity contribution < 1.29 is 4.42 Å². The molecule has 0 radical (unpaired) electrons. The summed E-state index contributed by atoms with van der Waals surface area (Å²) in [7, 11) is 0. The van der Waals surface area contributed by atoms with Crippen molar-refractivity contribution in [2.75, 3.05) is 24.2 Å². The highest BCUT2D eigenvalue weighted by molar-refractivity contribution is 7.98. The number of thiophene rings is 1. The maximum atomic E-state index is 5.76. The molecule has 1 aliphatic carbocycles. The highest BCUT2D eigenvalue weighted by Gasteiger charge is 2.27. The summed E-state index contributed by atoms with van der Waals surface area (Å²) < 4.78 is 6.94. The summed E-state index contributed by atoms with van der Waals surface area (Å²) in [6, 6.07) is 3.97. The Bertz CT molecular complexity index is 1220. The van der Waals surface area contributed by atoms with Crippen LogP contribution in [0.4, 0.5) is 5.82 Å². The summed E-state index contributed by atoms with van der Waals surface area (Å²) >= 11 is 3.38. The van der Waals surface area contributed by atoms with Gasteiger partial charge in [0.1, 0.15) is 10.5 Å². The van der Waals surface area contributed by atoms with E-state index in [1.807, 2.05) is 12.1 Å². The minimum Gasteiger partial charge on any atom is -0.463 e. The van der Waals surface area contributed by atoms with Crippen LogP contribution in [-0.4, -0.2) is 34.3 Å². The Labute approximate surface area is 197 Å². The van der Waals surface area contributed by atoms with Gasteiger partial charge >= 0.3 is 0 Å². The Hall–Kier alpha value is -2.12. The molecule has 7 heteroatoms. The average molecular weight is 467 g/mol. The lowest BCUT2D eigenvalue weighted by molar-refractivity contribution is 0.579. The van der Waals surface area contributed by atoms with Crippen molar-refractivity contribution in [3.63, 3.8) is 0 Å². The molecule has 0 N–H and O–H groups in total. The van der Waals surface area contributed by atoms with E-state index >= 15 is 0 Å². The van der Waals surface area contributed by atoms with Crippen molar-refractivity contribution in [1.82, 2.24) is 15.0 Å². The molecule has 0 aromatic carbocycles. The number of aryl methyl sites for hydroxylation is 1. The molecule has 0 fully saturated rings. The molecule has 0 amide bonds. The summed E-state index contributed by atoms with van der Waals surface area (Å²) in [5, 5.41) is 2.10. The number of rotatable bonds is 9. The van der Waals surface area contributed by atoms with Gasteiger partial charge in [0.05, 0.1) is 16.5 Å². The van der Waals surface area contributed by atoms with Crippen LogP contribution >= 0.6 is 23.1 Å². The Morgan fingerprint density at radius 1 is 1.06 bits per heavy atom. The fourth-order valence-corrected chi connectivity index (χ4v) is 6.20. The number of anilines is 1. The van der Waals surface area contributed by atoms with Crippen molar-refractivity contribution in [2.24, 2.45) is 0 Å². The van der Waals surface area contributed by atoms with Gasteiger partial charge in [0.25, 0.3) is 0 Å². The summed E-state index contributed by atoms with van der Waals surface area (Å²) in [4.78, 5) is 18.7. The third-order valence-corrected chi connectivity index (χ3v) is 7.91. The third kappa shape index (κ3) is 3.79. The SMILES string of the molecule is CCCCN(CCCC)c1nc(SC)nc2c1sc1nc(-c3ccco3)c3c(c12)CCC3. The second-order valence-corrected chi connectivity index (χ2v) is 10.2. The molecule has 5 rings (SSSR count). The monoisotopic (exact) mass is 466 g/mol. The molecule has 0 spiro atoms. The predicted molar refractivity (Wildman–Crippen MR) is 136 cm³/mol. The van der Waals surface area contributed by atoms with E-state index in [0.717, 1.165) is 65.1 Å². The van der Waals surface area contributed by atoms with Gasteiger partial charge in [-0.05, 0) is 61.6 Å². The molecule has 4 heterocycles. The zero-order valence-corrected chi connectivity index (χ0v) is 20.7. The quantitative estimate of drug-likeness (QED) is 0.193. The van der Waals surface area contributed by atoms with Gasteiger partial charge in [0, 0.05) is 18.5 Å². The fourth-order valence-electron chi connectivity index (χ4n) is 4.68. The number of aromatic nitrogens is 3. The molecule has 0 saturated carbocycles. The van der Waals surface area contributed by atoms with E-state index < -0.39 is 0 Å². The van der Waals surface area contributed by atoms with E-state index in [0.29, 0.717) is 0 Å². The van der Waals surface area contributed by atoms with Crippen LogP contribution in [0, 0.1) is 0 Å². The molecule has 0 aliphatic heterocycles. The standard InChI is InChI=1S/C25H30N4OS2/c1-4-6-13-29(14-7-5-2)23-22-21(27-25(28-23)31-3)19-16-10-8-11-17(16)20(26-24(19)32-22)18-12-9-15-30-18/h9,12,15H,4-8,10-11,13-14H2,1-3H3. The molecular formula is C25H30N4OS2. The number of nitrogens with zero attached hydrogens (tertiary/aromatic N) is 4. The van der Waals surface area contributed by atoms with Crippen molar-refractivity contribution in [3.8, 4) is 11.5 Å². The van der Waals surface area contributed by atoms with Gasteiger partial charge in [-0.2, -0.15) is 0 Å². The number of thioether (sulfide) groups is 1. The Morgan fingerprint density at radius 2 is 1.84 bits per heavy atom. The first-order chi connectivity index (χ1) is 15.7. The number of furan rings is 1. The Morgan fingerprint density at radius 3 is 2.53 bits per heavy atom. The maximum Gasteiger partial charge on any atom is 0.189 e. The first-order valence-electron chi connectivity index (χ1n) is 11.7. The molecule has 0 bridgehead atoms. The normalized spacial score (nSPS) is 13.3. The second-order valence-electron chi connectivity index (χ2n) is 8.44. The van der Waals surface area contributed by atoms with Gasteiger partial charge in [-0.25, -0.2) is 15.0 Å². The van der Waals surface area contributed by atoms with Crippen molar-refractivity contribution in [1.29, 1.82) is 0 Å². The zero-order valence-electron chi connectivity index (χ0n) is 19.1. The molecule has 5 nitrogen and oxygen atoms in total. The molecule has 1 aliphatic rings. The van der Waals surface area contributed by atoms with Crippen LogP contribution < -0.4 is 4.90 Å². The van der Waals surface area contributed by atoms with Crippen LogP contribution in [0.25, 0.3) is 31.9 Å². The van der Waals surface area contributed by atoms with E-state index in [1.54, 1.807) is 29.4 Å². The fraction of sp³-hybridized carbons (Fsp3) is 0.480. The second kappa shape index (κ2) is 9.40. The lowest BCUT2D eigenvalue weighted by Crippen LogP contribution is -2.26. The van der Waals surface area contributed by atoms with Gasteiger partial charge < -0.3 is 9.32 Å². The van der Waals surface area contributed by atoms with E-state index in [1.165, 1.54) is 46.9 Å².